The zero-order chi connectivity index (χ0) is 17.1. The quantitative estimate of drug-likeness (QED) is 0.464. The van der Waals surface area contributed by atoms with Gasteiger partial charge in [-0.2, -0.15) is 4.98 Å². The summed E-state index contributed by atoms with van der Waals surface area (Å²) >= 11 is 1.68. The molecule has 0 N–H and O–H groups in total. The number of thioether (sulfide) groups is 1. The third kappa shape index (κ3) is 3.37. The lowest BCUT2D eigenvalue weighted by Crippen LogP contribution is -1.89. The van der Waals surface area contributed by atoms with E-state index in [9.17, 15) is 0 Å². The Hall–Kier alpha value is -2.79. The summed E-state index contributed by atoms with van der Waals surface area (Å²) in [5.74, 6) is 2.50. The first-order valence-corrected chi connectivity index (χ1v) is 8.89. The molecule has 25 heavy (non-hydrogen) atoms. The van der Waals surface area contributed by atoms with Crippen LogP contribution in [0.3, 0.4) is 0 Å². The maximum Gasteiger partial charge on any atom is 0.237 e. The van der Waals surface area contributed by atoms with Crippen LogP contribution in [-0.2, 0) is 5.75 Å². The molecular weight excluding hydrogens is 332 g/mol. The minimum atomic E-state index is 0.548. The van der Waals surface area contributed by atoms with Crippen molar-refractivity contribution in [3.8, 4) is 17.1 Å². The molecule has 0 saturated heterocycles. The maximum absolute atomic E-state index is 5.39. The van der Waals surface area contributed by atoms with E-state index in [0.29, 0.717) is 17.5 Å². The molecule has 4 rings (SSSR count). The van der Waals surface area contributed by atoms with E-state index < -0.39 is 0 Å². The van der Waals surface area contributed by atoms with Gasteiger partial charge >= 0.3 is 0 Å². The SMILES string of the molecule is COc1ccccc1-c1noc(CSc2ccc3ccccc3c2)n1. The van der Waals surface area contributed by atoms with Gasteiger partial charge in [0.1, 0.15) is 5.75 Å². The molecule has 0 radical (unpaired) electrons. The van der Waals surface area contributed by atoms with Crippen LogP contribution >= 0.6 is 11.8 Å². The first kappa shape index (κ1) is 15.7. The summed E-state index contributed by atoms with van der Waals surface area (Å²) < 4.78 is 10.7. The Balaban J connectivity index is 1.51. The van der Waals surface area contributed by atoms with Crippen molar-refractivity contribution in [1.82, 2.24) is 10.1 Å². The van der Waals surface area contributed by atoms with E-state index in [1.165, 1.54) is 15.7 Å². The van der Waals surface area contributed by atoms with Gasteiger partial charge in [-0.1, -0.05) is 47.6 Å². The Morgan fingerprint density at radius 1 is 0.960 bits per heavy atom. The zero-order valence-electron chi connectivity index (χ0n) is 13.7. The molecule has 1 aromatic heterocycles. The van der Waals surface area contributed by atoms with Crippen LogP contribution in [0.5, 0.6) is 5.75 Å². The molecule has 0 atom stereocenters. The van der Waals surface area contributed by atoms with E-state index in [1.54, 1.807) is 18.9 Å². The number of ether oxygens (including phenoxy) is 1. The van der Waals surface area contributed by atoms with Crippen molar-refractivity contribution in [3.63, 3.8) is 0 Å². The molecule has 5 heteroatoms. The van der Waals surface area contributed by atoms with Gasteiger partial charge in [-0.3, -0.25) is 0 Å². The van der Waals surface area contributed by atoms with Crippen LogP contribution in [0.15, 0.2) is 76.1 Å². The van der Waals surface area contributed by atoms with Crippen molar-refractivity contribution >= 4 is 22.5 Å². The second-order valence-corrected chi connectivity index (χ2v) is 6.56. The highest BCUT2D eigenvalue weighted by Crippen LogP contribution is 2.29. The number of nitrogens with zero attached hydrogens (tertiary/aromatic N) is 2. The van der Waals surface area contributed by atoms with Gasteiger partial charge in [-0.05, 0) is 35.0 Å². The van der Waals surface area contributed by atoms with E-state index in [-0.39, 0.29) is 0 Å². The molecule has 0 amide bonds. The van der Waals surface area contributed by atoms with Gasteiger partial charge in [0, 0.05) is 4.90 Å². The largest absolute Gasteiger partial charge is 0.496 e. The standard InChI is InChI=1S/C20H16N2O2S/c1-23-18-9-5-4-8-17(18)20-21-19(24-22-20)13-25-16-11-10-14-6-2-3-7-15(14)12-16/h2-12H,13H2,1H3. The highest BCUT2D eigenvalue weighted by molar-refractivity contribution is 7.98. The van der Waals surface area contributed by atoms with Gasteiger partial charge in [-0.25, -0.2) is 0 Å². The average molecular weight is 348 g/mol. The second kappa shape index (κ2) is 6.99. The van der Waals surface area contributed by atoms with Gasteiger partial charge in [0.2, 0.25) is 11.7 Å². The fourth-order valence-corrected chi connectivity index (χ4v) is 3.44. The summed E-state index contributed by atoms with van der Waals surface area (Å²) in [4.78, 5) is 5.66. The molecule has 4 nitrogen and oxygen atoms in total. The smallest absolute Gasteiger partial charge is 0.237 e. The van der Waals surface area contributed by atoms with Gasteiger partial charge in [0.05, 0.1) is 18.4 Å². The highest BCUT2D eigenvalue weighted by Gasteiger charge is 2.13. The Morgan fingerprint density at radius 2 is 1.76 bits per heavy atom. The van der Waals surface area contributed by atoms with Crippen molar-refractivity contribution in [1.29, 1.82) is 0 Å². The van der Waals surface area contributed by atoms with E-state index in [2.05, 4.69) is 40.5 Å². The molecule has 124 valence electrons. The molecule has 1 heterocycles. The number of fused-ring (bicyclic) bond motifs is 1. The number of rotatable bonds is 5. The highest BCUT2D eigenvalue weighted by atomic mass is 32.2. The Morgan fingerprint density at radius 3 is 2.64 bits per heavy atom. The van der Waals surface area contributed by atoms with Crippen molar-refractivity contribution < 1.29 is 9.26 Å². The Kier molecular flexibility index (Phi) is 4.39. The van der Waals surface area contributed by atoms with E-state index in [4.69, 9.17) is 9.26 Å². The third-order valence-corrected chi connectivity index (χ3v) is 4.88. The second-order valence-electron chi connectivity index (χ2n) is 5.51. The van der Waals surface area contributed by atoms with Crippen LogP contribution in [0.25, 0.3) is 22.2 Å². The van der Waals surface area contributed by atoms with E-state index in [1.807, 2.05) is 36.4 Å². The molecule has 0 spiro atoms. The summed E-state index contributed by atoms with van der Waals surface area (Å²) in [7, 11) is 1.63. The molecular formula is C20H16N2O2S. The van der Waals surface area contributed by atoms with Gasteiger partial charge in [-0.15, -0.1) is 11.8 Å². The number of aromatic nitrogens is 2. The van der Waals surface area contributed by atoms with Crippen molar-refractivity contribution in [2.24, 2.45) is 0 Å². The predicted octanol–water partition coefficient (Wildman–Crippen LogP) is 5.19. The zero-order valence-corrected chi connectivity index (χ0v) is 14.5. The van der Waals surface area contributed by atoms with Crippen LogP contribution < -0.4 is 4.74 Å². The van der Waals surface area contributed by atoms with Gasteiger partial charge < -0.3 is 9.26 Å². The summed E-state index contributed by atoms with van der Waals surface area (Å²) in [6.07, 6.45) is 0. The number of benzene rings is 3. The van der Waals surface area contributed by atoms with Crippen LogP contribution in [-0.4, -0.2) is 17.3 Å². The summed E-state index contributed by atoms with van der Waals surface area (Å²) in [6.45, 7) is 0. The first-order chi connectivity index (χ1) is 12.3. The van der Waals surface area contributed by atoms with Crippen LogP contribution in [0, 0.1) is 0 Å². The average Bonchev–Trinajstić information content (AvgIpc) is 3.15. The summed E-state index contributed by atoms with van der Waals surface area (Å²) in [5.41, 5.74) is 0.829. The van der Waals surface area contributed by atoms with E-state index in [0.717, 1.165) is 11.3 Å². The van der Waals surface area contributed by atoms with E-state index >= 15 is 0 Å². The van der Waals surface area contributed by atoms with Gasteiger partial charge in [0.25, 0.3) is 0 Å². The number of methoxy groups -OCH3 is 1. The molecule has 0 aliphatic rings. The topological polar surface area (TPSA) is 48.2 Å². The van der Waals surface area contributed by atoms with Crippen LogP contribution in [0.4, 0.5) is 0 Å². The molecule has 3 aromatic carbocycles. The summed E-state index contributed by atoms with van der Waals surface area (Å²) in [5, 5.41) is 6.55. The molecule has 0 aliphatic carbocycles. The fourth-order valence-electron chi connectivity index (χ4n) is 2.65. The fraction of sp³-hybridized carbons (Fsp3) is 0.100. The Bertz CT molecular complexity index is 1010. The monoisotopic (exact) mass is 348 g/mol. The minimum absolute atomic E-state index is 0.548. The molecule has 4 aromatic rings. The molecule has 0 bridgehead atoms. The van der Waals surface area contributed by atoms with Crippen molar-refractivity contribution in [3.05, 3.63) is 72.6 Å². The number of hydrogen-bond donors (Lipinski definition) is 0. The number of para-hydroxylation sites is 1. The minimum Gasteiger partial charge on any atom is -0.496 e. The van der Waals surface area contributed by atoms with Crippen molar-refractivity contribution in [2.45, 2.75) is 10.6 Å². The molecule has 0 saturated carbocycles. The molecule has 0 fully saturated rings. The van der Waals surface area contributed by atoms with Crippen molar-refractivity contribution in [2.75, 3.05) is 7.11 Å². The van der Waals surface area contributed by atoms with Gasteiger partial charge in [0.15, 0.2) is 0 Å². The van der Waals surface area contributed by atoms with Crippen LogP contribution in [0.2, 0.25) is 0 Å². The third-order valence-electron chi connectivity index (χ3n) is 3.90. The number of hydrogen-bond acceptors (Lipinski definition) is 5. The summed E-state index contributed by atoms with van der Waals surface area (Å²) in [6, 6.07) is 22.4. The maximum atomic E-state index is 5.39. The normalized spacial score (nSPS) is 10.9. The molecule has 0 unspecified atom stereocenters. The lowest BCUT2D eigenvalue weighted by Gasteiger charge is -2.03. The van der Waals surface area contributed by atoms with Crippen LogP contribution in [0.1, 0.15) is 5.89 Å². The predicted molar refractivity (Wildman–Crippen MR) is 99.8 cm³/mol. The lowest BCUT2D eigenvalue weighted by molar-refractivity contribution is 0.390. The molecule has 0 aliphatic heterocycles. The Labute approximate surface area is 149 Å². The first-order valence-electron chi connectivity index (χ1n) is 7.91. The lowest BCUT2D eigenvalue weighted by atomic mass is 10.1.